The fraction of sp³-hybridized carbons (Fsp3) is 0.211. The number of nitrogens with one attached hydrogen (secondary N) is 2. The van der Waals surface area contributed by atoms with Gasteiger partial charge in [0.05, 0.1) is 22.0 Å². The van der Waals surface area contributed by atoms with Crippen molar-refractivity contribution in [3.63, 3.8) is 0 Å². The van der Waals surface area contributed by atoms with Crippen LogP contribution in [0.25, 0.3) is 0 Å². The number of halogens is 4. The van der Waals surface area contributed by atoms with Gasteiger partial charge in [-0.3, -0.25) is 9.59 Å². The van der Waals surface area contributed by atoms with Crippen LogP contribution in [-0.2, 0) is 15.8 Å². The van der Waals surface area contributed by atoms with E-state index in [9.17, 15) is 22.8 Å². The van der Waals surface area contributed by atoms with Crippen LogP contribution in [0.2, 0.25) is 5.02 Å². The van der Waals surface area contributed by atoms with Gasteiger partial charge < -0.3 is 10.6 Å². The zero-order valence-corrected chi connectivity index (χ0v) is 16.6. The van der Waals surface area contributed by atoms with Crippen molar-refractivity contribution in [1.29, 1.82) is 0 Å². The molecule has 2 N–H and O–H groups in total. The van der Waals surface area contributed by atoms with Crippen LogP contribution in [-0.4, -0.2) is 22.2 Å². The van der Waals surface area contributed by atoms with Crippen molar-refractivity contribution in [3.8, 4) is 0 Å². The molecule has 0 saturated carbocycles. The average molecular weight is 442 g/mol. The first-order valence-electron chi connectivity index (χ1n) is 8.41. The highest BCUT2D eigenvalue weighted by Crippen LogP contribution is 2.34. The molecule has 0 aromatic heterocycles. The summed E-state index contributed by atoms with van der Waals surface area (Å²) in [6.45, 7) is 1.92. The Kier molecular flexibility index (Phi) is 6.18. The lowest BCUT2D eigenvalue weighted by molar-refractivity contribution is -0.137. The van der Waals surface area contributed by atoms with Gasteiger partial charge in [-0.25, -0.2) is 4.99 Å². The van der Waals surface area contributed by atoms with E-state index in [4.69, 9.17) is 11.6 Å². The van der Waals surface area contributed by atoms with E-state index >= 15 is 0 Å². The molecule has 1 fully saturated rings. The first kappa shape index (κ1) is 21.2. The molecular weight excluding hydrogens is 427 g/mol. The Morgan fingerprint density at radius 3 is 2.59 bits per heavy atom. The molecule has 0 aliphatic carbocycles. The van der Waals surface area contributed by atoms with Gasteiger partial charge in [-0.1, -0.05) is 41.1 Å². The lowest BCUT2D eigenvalue weighted by atomic mass is 10.2. The quantitative estimate of drug-likeness (QED) is 0.710. The van der Waals surface area contributed by atoms with Crippen LogP contribution in [0.4, 0.5) is 24.5 Å². The number of benzene rings is 2. The predicted octanol–water partition coefficient (Wildman–Crippen LogP) is 4.92. The molecule has 1 aliphatic rings. The number of rotatable bonds is 3. The summed E-state index contributed by atoms with van der Waals surface area (Å²) >= 11 is 6.93. The molecule has 1 atom stereocenters. The number of hydrogen-bond acceptors (Lipinski definition) is 4. The van der Waals surface area contributed by atoms with E-state index in [1.807, 2.05) is 19.1 Å². The number of anilines is 1. The zero-order chi connectivity index (χ0) is 21.2. The maximum Gasteiger partial charge on any atom is 0.416 e. The van der Waals surface area contributed by atoms with E-state index in [1.54, 1.807) is 12.1 Å². The van der Waals surface area contributed by atoms with Gasteiger partial charge in [-0.2, -0.15) is 13.2 Å². The fourth-order valence-corrected chi connectivity index (χ4v) is 3.66. The Morgan fingerprint density at radius 2 is 1.93 bits per heavy atom. The van der Waals surface area contributed by atoms with Crippen molar-refractivity contribution in [2.45, 2.75) is 24.8 Å². The molecule has 5 nitrogen and oxygen atoms in total. The van der Waals surface area contributed by atoms with Crippen molar-refractivity contribution in [3.05, 3.63) is 58.6 Å². The molecule has 10 heteroatoms. The molecule has 1 saturated heterocycles. The van der Waals surface area contributed by atoms with Crippen LogP contribution in [0.1, 0.15) is 17.5 Å². The molecular formula is C19H15ClF3N3O2S. The minimum absolute atomic E-state index is 0.0369. The topological polar surface area (TPSA) is 70.6 Å². The van der Waals surface area contributed by atoms with Gasteiger partial charge in [0.25, 0.3) is 0 Å². The van der Waals surface area contributed by atoms with Crippen molar-refractivity contribution in [2.75, 3.05) is 5.32 Å². The van der Waals surface area contributed by atoms with Crippen molar-refractivity contribution in [1.82, 2.24) is 5.32 Å². The minimum Gasteiger partial charge on any atom is -0.324 e. The molecule has 1 heterocycles. The second kappa shape index (κ2) is 8.46. The molecule has 152 valence electrons. The summed E-state index contributed by atoms with van der Waals surface area (Å²) in [5, 5.41) is 4.30. The first-order valence-corrected chi connectivity index (χ1v) is 9.67. The Morgan fingerprint density at radius 1 is 1.24 bits per heavy atom. The zero-order valence-electron chi connectivity index (χ0n) is 15.0. The van der Waals surface area contributed by atoms with Gasteiger partial charge in [0.15, 0.2) is 5.17 Å². The Hall–Kier alpha value is -2.52. The van der Waals surface area contributed by atoms with Crippen molar-refractivity contribution < 1.29 is 22.8 Å². The molecule has 1 aliphatic heterocycles. The highest BCUT2D eigenvalue weighted by atomic mass is 35.5. The monoisotopic (exact) mass is 441 g/mol. The van der Waals surface area contributed by atoms with Crippen LogP contribution < -0.4 is 10.6 Å². The number of aryl methyl sites for hydroxylation is 1. The maximum absolute atomic E-state index is 12.9. The number of hydrogen-bond donors (Lipinski definition) is 2. The van der Waals surface area contributed by atoms with Crippen LogP contribution in [0.15, 0.2) is 47.5 Å². The van der Waals surface area contributed by atoms with Gasteiger partial charge in [-0.15, -0.1) is 0 Å². The maximum atomic E-state index is 12.9. The lowest BCUT2D eigenvalue weighted by Crippen LogP contribution is -2.41. The molecule has 2 amide bonds. The van der Waals surface area contributed by atoms with E-state index in [2.05, 4.69) is 15.6 Å². The Bertz CT molecular complexity index is 978. The summed E-state index contributed by atoms with van der Waals surface area (Å²) in [5.74, 6) is -1.05. The summed E-state index contributed by atoms with van der Waals surface area (Å²) in [5.41, 5.74) is 0.535. The van der Waals surface area contributed by atoms with Gasteiger partial charge in [0.2, 0.25) is 11.8 Å². The molecule has 29 heavy (non-hydrogen) atoms. The SMILES string of the molecule is Cc1ccc(N=C2NC(=O)C[C@H](C(=O)Nc3cc(C(F)(F)F)ccc3Cl)S2)cc1. The molecule has 0 radical (unpaired) electrons. The number of amides is 2. The van der Waals surface area contributed by atoms with E-state index in [1.165, 1.54) is 0 Å². The molecule has 0 unspecified atom stereocenters. The van der Waals surface area contributed by atoms with E-state index in [0.29, 0.717) is 5.69 Å². The summed E-state index contributed by atoms with van der Waals surface area (Å²) in [7, 11) is 0. The number of carbonyl (C=O) groups is 2. The largest absolute Gasteiger partial charge is 0.416 e. The predicted molar refractivity (Wildman–Crippen MR) is 107 cm³/mol. The Balaban J connectivity index is 1.77. The number of alkyl halides is 3. The number of carbonyl (C=O) groups excluding carboxylic acids is 2. The van der Waals surface area contributed by atoms with Gasteiger partial charge in [-0.05, 0) is 37.3 Å². The van der Waals surface area contributed by atoms with Gasteiger partial charge >= 0.3 is 6.18 Å². The van der Waals surface area contributed by atoms with Crippen LogP contribution >= 0.6 is 23.4 Å². The standard InChI is InChI=1S/C19H15ClF3N3O2S/c1-10-2-5-12(6-3-10)24-18-26-16(27)9-15(29-18)17(28)25-14-8-11(19(21,22)23)4-7-13(14)20/h2-8,15H,9H2,1H3,(H,25,28)(H,24,26,27)/t15-/m1/s1. The van der Waals surface area contributed by atoms with Gasteiger partial charge in [0.1, 0.15) is 5.25 Å². The summed E-state index contributed by atoms with van der Waals surface area (Å²) in [6, 6.07) is 9.89. The normalized spacial score (nSPS) is 18.4. The molecule has 0 spiro atoms. The summed E-state index contributed by atoms with van der Waals surface area (Å²) in [6.07, 6.45) is -4.71. The summed E-state index contributed by atoms with van der Waals surface area (Å²) < 4.78 is 38.7. The Labute approximate surface area is 173 Å². The number of nitrogens with zero attached hydrogens (tertiary/aromatic N) is 1. The second-order valence-electron chi connectivity index (χ2n) is 6.29. The lowest BCUT2D eigenvalue weighted by Gasteiger charge is -2.22. The van der Waals surface area contributed by atoms with E-state index in [-0.39, 0.29) is 22.3 Å². The smallest absolute Gasteiger partial charge is 0.324 e. The third-order valence-electron chi connectivity index (χ3n) is 3.98. The minimum atomic E-state index is -4.57. The third kappa shape index (κ3) is 5.51. The average Bonchev–Trinajstić information content (AvgIpc) is 2.64. The third-order valence-corrected chi connectivity index (χ3v) is 5.39. The highest BCUT2D eigenvalue weighted by molar-refractivity contribution is 8.15. The number of aliphatic imine (C=N–C) groups is 1. The highest BCUT2D eigenvalue weighted by Gasteiger charge is 2.33. The van der Waals surface area contributed by atoms with Crippen LogP contribution in [0.3, 0.4) is 0 Å². The van der Waals surface area contributed by atoms with E-state index < -0.39 is 28.8 Å². The fourth-order valence-electron chi connectivity index (χ4n) is 2.49. The molecule has 2 aromatic carbocycles. The second-order valence-corrected chi connectivity index (χ2v) is 7.89. The van der Waals surface area contributed by atoms with Crippen LogP contribution in [0, 0.1) is 6.92 Å². The number of amidine groups is 1. The molecule has 2 aromatic rings. The van der Waals surface area contributed by atoms with Crippen LogP contribution in [0.5, 0.6) is 0 Å². The van der Waals surface area contributed by atoms with E-state index in [0.717, 1.165) is 35.5 Å². The van der Waals surface area contributed by atoms with Crippen molar-refractivity contribution in [2.24, 2.45) is 4.99 Å². The van der Waals surface area contributed by atoms with Crippen molar-refractivity contribution >= 4 is 51.7 Å². The van der Waals surface area contributed by atoms with Gasteiger partial charge in [0, 0.05) is 6.42 Å². The molecule has 0 bridgehead atoms. The number of thioether (sulfide) groups is 1. The summed E-state index contributed by atoms with van der Waals surface area (Å²) in [4.78, 5) is 28.8. The molecule has 3 rings (SSSR count). The first-order chi connectivity index (χ1) is 13.6.